The van der Waals surface area contributed by atoms with Gasteiger partial charge in [0.1, 0.15) is 0 Å². The molecule has 2 heterocycles. The van der Waals surface area contributed by atoms with Crippen molar-refractivity contribution >= 4 is 11.9 Å². The second-order valence-corrected chi connectivity index (χ2v) is 8.92. The van der Waals surface area contributed by atoms with Crippen LogP contribution in [0.25, 0.3) is 0 Å². The molecule has 2 aliphatic rings. The lowest BCUT2D eigenvalue weighted by molar-refractivity contribution is -0.137. The summed E-state index contributed by atoms with van der Waals surface area (Å²) in [5, 5.41) is 9.20. The molecule has 2 atom stereocenters. The third-order valence-corrected chi connectivity index (χ3v) is 6.54. The molecule has 2 saturated heterocycles. The van der Waals surface area contributed by atoms with E-state index in [0.717, 1.165) is 44.7 Å². The SMILES string of the molecule is CC(C)c1ccc(C(=O)N2CC[C@H](N3CCN(C)CC3)[C@H](CCC(=O)O)C2)cc1. The van der Waals surface area contributed by atoms with Crippen molar-refractivity contribution in [1.82, 2.24) is 14.7 Å². The Hall–Kier alpha value is -1.92. The molecule has 0 spiro atoms. The van der Waals surface area contributed by atoms with Crippen LogP contribution < -0.4 is 0 Å². The molecule has 6 nitrogen and oxygen atoms in total. The lowest BCUT2D eigenvalue weighted by Gasteiger charge is -2.46. The maximum Gasteiger partial charge on any atom is 0.303 e. The van der Waals surface area contributed by atoms with Crippen LogP contribution in [-0.4, -0.2) is 84.0 Å². The summed E-state index contributed by atoms with van der Waals surface area (Å²) in [4.78, 5) is 31.1. The summed E-state index contributed by atoms with van der Waals surface area (Å²) in [5.41, 5.74) is 1.96. The highest BCUT2D eigenvalue weighted by Crippen LogP contribution is 2.28. The van der Waals surface area contributed by atoms with E-state index >= 15 is 0 Å². The van der Waals surface area contributed by atoms with Crippen LogP contribution in [0.1, 0.15) is 54.9 Å². The Bertz CT molecular complexity index is 696. The molecule has 3 rings (SSSR count). The first-order chi connectivity index (χ1) is 13.8. The summed E-state index contributed by atoms with van der Waals surface area (Å²) in [7, 11) is 2.14. The number of piperazine rings is 1. The van der Waals surface area contributed by atoms with Crippen molar-refractivity contribution in [2.75, 3.05) is 46.3 Å². The highest BCUT2D eigenvalue weighted by Gasteiger charge is 2.36. The second-order valence-electron chi connectivity index (χ2n) is 8.92. The van der Waals surface area contributed by atoms with E-state index in [1.165, 1.54) is 5.56 Å². The van der Waals surface area contributed by atoms with Gasteiger partial charge in [0.2, 0.25) is 0 Å². The Morgan fingerprint density at radius 1 is 1.07 bits per heavy atom. The topological polar surface area (TPSA) is 64.1 Å². The van der Waals surface area contributed by atoms with Crippen molar-refractivity contribution in [2.45, 2.75) is 45.1 Å². The number of likely N-dealkylation sites (N-methyl/N-ethyl adjacent to an activating group) is 1. The van der Waals surface area contributed by atoms with Gasteiger partial charge in [-0.15, -0.1) is 0 Å². The van der Waals surface area contributed by atoms with Crippen LogP contribution in [0.15, 0.2) is 24.3 Å². The van der Waals surface area contributed by atoms with E-state index in [1.54, 1.807) is 0 Å². The van der Waals surface area contributed by atoms with Gasteiger partial charge in [-0.05, 0) is 49.4 Å². The van der Waals surface area contributed by atoms with Gasteiger partial charge in [0, 0.05) is 57.3 Å². The maximum absolute atomic E-state index is 13.1. The van der Waals surface area contributed by atoms with Gasteiger partial charge in [0.15, 0.2) is 0 Å². The van der Waals surface area contributed by atoms with Gasteiger partial charge < -0.3 is 14.9 Å². The average Bonchev–Trinajstić information content (AvgIpc) is 2.72. The van der Waals surface area contributed by atoms with Crippen LogP contribution in [0.5, 0.6) is 0 Å². The van der Waals surface area contributed by atoms with Gasteiger partial charge in [-0.2, -0.15) is 0 Å². The first-order valence-electron chi connectivity index (χ1n) is 10.9. The fourth-order valence-corrected chi connectivity index (χ4v) is 4.62. The average molecular weight is 402 g/mol. The number of carbonyl (C=O) groups excluding carboxylic acids is 1. The van der Waals surface area contributed by atoms with E-state index in [4.69, 9.17) is 0 Å². The maximum atomic E-state index is 13.1. The minimum Gasteiger partial charge on any atom is -0.481 e. The lowest BCUT2D eigenvalue weighted by atomic mass is 9.86. The highest BCUT2D eigenvalue weighted by atomic mass is 16.4. The summed E-state index contributed by atoms with van der Waals surface area (Å²) in [6, 6.07) is 8.30. The zero-order valence-electron chi connectivity index (χ0n) is 18.0. The van der Waals surface area contributed by atoms with Crippen molar-refractivity contribution in [3.05, 3.63) is 35.4 Å². The molecule has 0 bridgehead atoms. The number of hydrogen-bond acceptors (Lipinski definition) is 4. The van der Waals surface area contributed by atoms with Gasteiger partial charge in [0.05, 0.1) is 0 Å². The minimum absolute atomic E-state index is 0.0671. The molecule has 1 aromatic carbocycles. The molecule has 29 heavy (non-hydrogen) atoms. The van der Waals surface area contributed by atoms with Crippen molar-refractivity contribution < 1.29 is 14.7 Å². The number of nitrogens with zero attached hydrogens (tertiary/aromatic N) is 3. The Morgan fingerprint density at radius 3 is 2.31 bits per heavy atom. The summed E-state index contributed by atoms with van der Waals surface area (Å²) < 4.78 is 0. The Balaban J connectivity index is 1.68. The minimum atomic E-state index is -0.755. The molecular weight excluding hydrogens is 366 g/mol. The molecule has 0 radical (unpaired) electrons. The monoisotopic (exact) mass is 401 g/mol. The van der Waals surface area contributed by atoms with Crippen molar-refractivity contribution in [1.29, 1.82) is 0 Å². The van der Waals surface area contributed by atoms with Gasteiger partial charge in [-0.3, -0.25) is 14.5 Å². The number of rotatable bonds is 6. The number of likely N-dealkylation sites (tertiary alicyclic amines) is 1. The summed E-state index contributed by atoms with van der Waals surface area (Å²) in [6.45, 7) is 9.82. The van der Waals surface area contributed by atoms with Gasteiger partial charge in [-0.1, -0.05) is 26.0 Å². The highest BCUT2D eigenvalue weighted by molar-refractivity contribution is 5.94. The van der Waals surface area contributed by atoms with E-state index in [2.05, 4.69) is 30.7 Å². The molecule has 0 aromatic heterocycles. The predicted molar refractivity (Wildman–Crippen MR) is 114 cm³/mol. The van der Waals surface area contributed by atoms with Crippen molar-refractivity contribution in [2.24, 2.45) is 5.92 Å². The van der Waals surface area contributed by atoms with Crippen LogP contribution in [-0.2, 0) is 4.79 Å². The summed E-state index contributed by atoms with van der Waals surface area (Å²) in [6.07, 6.45) is 1.71. The Labute approximate surface area is 174 Å². The van der Waals surface area contributed by atoms with Crippen LogP contribution in [0, 0.1) is 5.92 Å². The Kier molecular flexibility index (Phi) is 7.30. The quantitative estimate of drug-likeness (QED) is 0.794. The van der Waals surface area contributed by atoms with E-state index in [-0.39, 0.29) is 18.2 Å². The number of amides is 1. The van der Waals surface area contributed by atoms with E-state index in [9.17, 15) is 14.7 Å². The predicted octanol–water partition coefficient (Wildman–Crippen LogP) is 2.75. The number of carboxylic acids is 1. The third kappa shape index (κ3) is 5.58. The van der Waals surface area contributed by atoms with Gasteiger partial charge in [-0.25, -0.2) is 0 Å². The molecule has 2 aliphatic heterocycles. The molecule has 1 amide bonds. The molecular formula is C23H35N3O3. The molecule has 160 valence electrons. The Morgan fingerprint density at radius 2 is 1.72 bits per heavy atom. The van der Waals surface area contributed by atoms with E-state index in [1.807, 2.05) is 29.2 Å². The van der Waals surface area contributed by atoms with E-state index in [0.29, 0.717) is 24.9 Å². The number of piperidine rings is 1. The zero-order valence-corrected chi connectivity index (χ0v) is 18.0. The van der Waals surface area contributed by atoms with Crippen LogP contribution in [0.3, 0.4) is 0 Å². The van der Waals surface area contributed by atoms with Gasteiger partial charge in [0.25, 0.3) is 5.91 Å². The fourth-order valence-electron chi connectivity index (χ4n) is 4.62. The largest absolute Gasteiger partial charge is 0.481 e. The second kappa shape index (κ2) is 9.72. The molecule has 0 unspecified atom stereocenters. The molecule has 6 heteroatoms. The van der Waals surface area contributed by atoms with Crippen LogP contribution in [0.2, 0.25) is 0 Å². The van der Waals surface area contributed by atoms with Crippen LogP contribution in [0.4, 0.5) is 0 Å². The summed E-state index contributed by atoms with van der Waals surface area (Å²) >= 11 is 0. The number of benzene rings is 1. The summed E-state index contributed by atoms with van der Waals surface area (Å²) in [5.74, 6) is -0.0339. The van der Waals surface area contributed by atoms with Crippen molar-refractivity contribution in [3.8, 4) is 0 Å². The van der Waals surface area contributed by atoms with Crippen molar-refractivity contribution in [3.63, 3.8) is 0 Å². The molecule has 1 N–H and O–H groups in total. The molecule has 1 aromatic rings. The number of hydrogen-bond donors (Lipinski definition) is 1. The molecule has 2 fully saturated rings. The number of carbonyl (C=O) groups is 2. The first kappa shape index (κ1) is 21.8. The van der Waals surface area contributed by atoms with Crippen LogP contribution >= 0.6 is 0 Å². The normalized spacial score (nSPS) is 24.1. The molecule has 0 saturated carbocycles. The zero-order chi connectivity index (χ0) is 21.0. The molecule has 0 aliphatic carbocycles. The standard InChI is InChI=1S/C23H35N3O3/c1-17(2)18-4-6-19(7-5-18)23(29)26-11-10-21(20(16-26)8-9-22(27)28)25-14-12-24(3)13-15-25/h4-7,17,20-21H,8-16H2,1-3H3,(H,27,28)/t20-,21+/m1/s1. The first-order valence-corrected chi connectivity index (χ1v) is 10.9. The fraction of sp³-hybridized carbons (Fsp3) is 0.652. The smallest absolute Gasteiger partial charge is 0.303 e. The number of aliphatic carboxylic acids is 1. The van der Waals surface area contributed by atoms with E-state index < -0.39 is 5.97 Å². The lowest BCUT2D eigenvalue weighted by Crippen LogP contribution is -2.57. The third-order valence-electron chi connectivity index (χ3n) is 6.54. The van der Waals surface area contributed by atoms with Gasteiger partial charge >= 0.3 is 5.97 Å². The number of carboxylic acid groups (broad SMARTS) is 1.